The first-order chi connectivity index (χ1) is 14.5. The number of esters is 1. The van der Waals surface area contributed by atoms with E-state index in [9.17, 15) is 4.79 Å². The van der Waals surface area contributed by atoms with Gasteiger partial charge in [-0.15, -0.1) is 0 Å². The number of allylic oxidation sites excluding steroid dienone is 6. The molecule has 0 N–H and O–H groups in total. The second-order valence-corrected chi connectivity index (χ2v) is 8.46. The van der Waals surface area contributed by atoms with Gasteiger partial charge in [0, 0.05) is 23.3 Å². The highest BCUT2D eigenvalue weighted by molar-refractivity contribution is 5.83. The van der Waals surface area contributed by atoms with E-state index < -0.39 is 17.4 Å². The fourth-order valence-electron chi connectivity index (χ4n) is 3.45. The topological polar surface area (TPSA) is 44.8 Å². The minimum atomic E-state index is -0.446. The first kappa shape index (κ1) is 24.4. The smallest absolute Gasteiger partial charge is 0.330 e. The molecule has 1 aliphatic heterocycles. The molecule has 0 aromatic heterocycles. The summed E-state index contributed by atoms with van der Waals surface area (Å²) < 4.78 is 31.6. The number of fused-ring (bicyclic) bond motifs is 1. The second kappa shape index (κ2) is 9.99. The Balaban J connectivity index is 2.49. The van der Waals surface area contributed by atoms with Gasteiger partial charge in [-0.3, -0.25) is 0 Å². The van der Waals surface area contributed by atoms with Crippen LogP contribution in [0.15, 0.2) is 47.8 Å². The third kappa shape index (κ3) is 6.09. The maximum Gasteiger partial charge on any atom is 0.330 e. The average Bonchev–Trinajstić information content (AvgIpc) is 2.69. The van der Waals surface area contributed by atoms with Crippen molar-refractivity contribution in [3.8, 4) is 11.5 Å². The van der Waals surface area contributed by atoms with Crippen molar-refractivity contribution in [1.29, 1.82) is 0 Å². The summed E-state index contributed by atoms with van der Waals surface area (Å²) in [5, 5.41) is 0. The van der Waals surface area contributed by atoms with Crippen LogP contribution < -0.4 is 9.47 Å². The van der Waals surface area contributed by atoms with Crippen molar-refractivity contribution in [3.05, 3.63) is 59.0 Å². The Labute approximate surface area is 185 Å². The fourth-order valence-corrected chi connectivity index (χ4v) is 3.45. The monoisotopic (exact) mass is 428 g/mol. The van der Waals surface area contributed by atoms with Crippen molar-refractivity contribution in [1.82, 2.24) is 0 Å². The van der Waals surface area contributed by atoms with Crippen LogP contribution in [0.1, 0.15) is 59.6 Å². The van der Waals surface area contributed by atoms with E-state index in [4.69, 9.17) is 14.2 Å². The third-order valence-electron chi connectivity index (χ3n) is 5.00. The molecule has 168 valence electrons. The Kier molecular flexibility index (Phi) is 7.88. The second-order valence-electron chi connectivity index (χ2n) is 8.46. The standard InChI is InChI=1S/C26H33FO4/c1-9-30-25(28)12-17(4)10-11-22(27)18(5)19-13-20-21(16(2)3)15-26(6,7)31-24(20)14-23(19)29-8/h10-16H,9H2,1-8H3. The first-order valence-electron chi connectivity index (χ1n) is 10.5. The van der Waals surface area contributed by atoms with E-state index in [0.717, 1.165) is 16.9 Å². The van der Waals surface area contributed by atoms with Gasteiger partial charge in [0.15, 0.2) is 0 Å². The molecule has 1 aromatic rings. The van der Waals surface area contributed by atoms with E-state index in [1.165, 1.54) is 12.2 Å². The van der Waals surface area contributed by atoms with Crippen molar-refractivity contribution in [2.75, 3.05) is 13.7 Å². The highest BCUT2D eigenvalue weighted by Crippen LogP contribution is 2.44. The number of carbonyl (C=O) groups excluding carboxylic acids is 1. The molecule has 0 saturated heterocycles. The van der Waals surface area contributed by atoms with E-state index in [2.05, 4.69) is 19.9 Å². The van der Waals surface area contributed by atoms with Gasteiger partial charge < -0.3 is 14.2 Å². The molecule has 0 unspecified atom stereocenters. The normalized spacial score (nSPS) is 16.5. The SMILES string of the molecule is CCOC(=O)C=C(C)C=CC(F)=C(C)c1cc2c(cc1OC)OC(C)(C)C=C2C(C)C. The highest BCUT2D eigenvalue weighted by Gasteiger charge is 2.29. The van der Waals surface area contributed by atoms with E-state index in [1.807, 2.05) is 26.0 Å². The quantitative estimate of drug-likeness (QED) is 0.276. The van der Waals surface area contributed by atoms with Gasteiger partial charge in [-0.05, 0) is 75.5 Å². The van der Waals surface area contributed by atoms with E-state index in [1.54, 1.807) is 34.0 Å². The summed E-state index contributed by atoms with van der Waals surface area (Å²) in [6.45, 7) is 13.7. The number of halogens is 1. The fraction of sp³-hybridized carbons (Fsp3) is 0.423. The van der Waals surface area contributed by atoms with Crippen LogP contribution in [0.25, 0.3) is 11.1 Å². The van der Waals surface area contributed by atoms with Gasteiger partial charge in [-0.2, -0.15) is 0 Å². The molecule has 0 atom stereocenters. The van der Waals surface area contributed by atoms with Crippen molar-refractivity contribution >= 4 is 17.1 Å². The Morgan fingerprint density at radius 3 is 2.48 bits per heavy atom. The number of benzene rings is 1. The molecule has 0 aliphatic carbocycles. The van der Waals surface area contributed by atoms with Crippen molar-refractivity contribution in [2.24, 2.45) is 5.92 Å². The van der Waals surface area contributed by atoms with Gasteiger partial charge in [0.25, 0.3) is 0 Å². The van der Waals surface area contributed by atoms with Gasteiger partial charge in [-0.1, -0.05) is 19.9 Å². The van der Waals surface area contributed by atoms with Crippen molar-refractivity contribution in [2.45, 2.75) is 54.1 Å². The maximum atomic E-state index is 15.0. The number of rotatable bonds is 7. The van der Waals surface area contributed by atoms with Crippen LogP contribution >= 0.6 is 0 Å². The predicted octanol–water partition coefficient (Wildman–Crippen LogP) is 6.67. The molecular formula is C26H33FO4. The minimum absolute atomic E-state index is 0.285. The van der Waals surface area contributed by atoms with Gasteiger partial charge in [0.05, 0.1) is 13.7 Å². The summed E-state index contributed by atoms with van der Waals surface area (Å²) in [7, 11) is 1.56. The Hall–Kier alpha value is -2.82. The lowest BCUT2D eigenvalue weighted by atomic mass is 9.86. The summed E-state index contributed by atoms with van der Waals surface area (Å²) in [5.41, 5.74) is 3.37. The predicted molar refractivity (Wildman–Crippen MR) is 124 cm³/mol. The molecule has 4 nitrogen and oxygen atoms in total. The Morgan fingerprint density at radius 2 is 1.90 bits per heavy atom. The Morgan fingerprint density at radius 1 is 1.23 bits per heavy atom. The van der Waals surface area contributed by atoms with Crippen LogP contribution in [0.4, 0.5) is 4.39 Å². The lowest BCUT2D eigenvalue weighted by Crippen LogP contribution is -2.29. The molecule has 5 heteroatoms. The van der Waals surface area contributed by atoms with Crippen LogP contribution in [-0.2, 0) is 9.53 Å². The summed E-state index contributed by atoms with van der Waals surface area (Å²) in [4.78, 5) is 11.5. The van der Waals surface area contributed by atoms with E-state index in [0.29, 0.717) is 29.1 Å². The molecule has 0 amide bonds. The third-order valence-corrected chi connectivity index (χ3v) is 5.00. The molecule has 0 saturated carbocycles. The summed E-state index contributed by atoms with van der Waals surface area (Å²) in [6, 6.07) is 3.76. The van der Waals surface area contributed by atoms with Gasteiger partial charge in [0.2, 0.25) is 0 Å². The molecular weight excluding hydrogens is 395 g/mol. The number of ether oxygens (including phenoxy) is 3. The van der Waals surface area contributed by atoms with Crippen LogP contribution in [0, 0.1) is 5.92 Å². The number of hydrogen-bond acceptors (Lipinski definition) is 4. The van der Waals surface area contributed by atoms with Crippen molar-refractivity contribution in [3.63, 3.8) is 0 Å². The van der Waals surface area contributed by atoms with Crippen LogP contribution in [0.5, 0.6) is 11.5 Å². The maximum absolute atomic E-state index is 15.0. The zero-order valence-corrected chi connectivity index (χ0v) is 19.8. The molecule has 1 aliphatic rings. The van der Waals surface area contributed by atoms with Gasteiger partial charge >= 0.3 is 5.97 Å². The number of methoxy groups -OCH3 is 1. The number of hydrogen-bond donors (Lipinski definition) is 0. The van der Waals surface area contributed by atoms with Crippen LogP contribution in [0.2, 0.25) is 0 Å². The van der Waals surface area contributed by atoms with Crippen molar-refractivity contribution < 1.29 is 23.4 Å². The molecule has 0 radical (unpaired) electrons. The molecule has 0 fully saturated rings. The molecule has 2 rings (SSSR count). The summed E-state index contributed by atoms with van der Waals surface area (Å²) in [6.07, 6.45) is 6.35. The van der Waals surface area contributed by atoms with Gasteiger partial charge in [0.1, 0.15) is 22.9 Å². The van der Waals surface area contributed by atoms with Gasteiger partial charge in [-0.25, -0.2) is 9.18 Å². The zero-order chi connectivity index (χ0) is 23.3. The highest BCUT2D eigenvalue weighted by atomic mass is 19.1. The molecule has 31 heavy (non-hydrogen) atoms. The van der Waals surface area contributed by atoms with Crippen LogP contribution in [0.3, 0.4) is 0 Å². The number of carbonyl (C=O) groups is 1. The zero-order valence-electron chi connectivity index (χ0n) is 19.8. The summed E-state index contributed by atoms with van der Waals surface area (Å²) >= 11 is 0. The summed E-state index contributed by atoms with van der Waals surface area (Å²) in [5.74, 6) is 0.695. The lowest BCUT2D eigenvalue weighted by molar-refractivity contribution is -0.137. The Bertz CT molecular complexity index is 962. The molecule has 0 spiro atoms. The molecule has 1 heterocycles. The minimum Gasteiger partial charge on any atom is -0.496 e. The molecule has 1 aromatic carbocycles. The first-order valence-corrected chi connectivity index (χ1v) is 10.5. The lowest BCUT2D eigenvalue weighted by Gasteiger charge is -2.33. The van der Waals surface area contributed by atoms with Crippen LogP contribution in [-0.4, -0.2) is 25.3 Å². The van der Waals surface area contributed by atoms with E-state index in [-0.39, 0.29) is 5.92 Å². The largest absolute Gasteiger partial charge is 0.496 e. The van der Waals surface area contributed by atoms with E-state index >= 15 is 4.39 Å². The average molecular weight is 429 g/mol. The molecule has 0 bridgehead atoms.